The average Bonchev–Trinajstić information content (AvgIpc) is 3.22. The second-order valence-corrected chi connectivity index (χ2v) is 6.26. The van der Waals surface area contributed by atoms with Crippen LogP contribution >= 0.6 is 0 Å². The highest BCUT2D eigenvalue weighted by Crippen LogP contribution is 2.30. The number of rotatable bonds is 5. The van der Waals surface area contributed by atoms with Gasteiger partial charge in [0.25, 0.3) is 0 Å². The molecule has 2 aromatic heterocycles. The van der Waals surface area contributed by atoms with Gasteiger partial charge in [-0.3, -0.25) is 14.8 Å². The molecule has 3 heterocycles. The summed E-state index contributed by atoms with van der Waals surface area (Å²) in [6, 6.07) is 0.0727. The van der Waals surface area contributed by atoms with E-state index >= 15 is 0 Å². The van der Waals surface area contributed by atoms with Gasteiger partial charge in [-0.05, 0) is 12.8 Å². The molecule has 2 aromatic rings. The van der Waals surface area contributed by atoms with E-state index in [2.05, 4.69) is 33.4 Å². The van der Waals surface area contributed by atoms with Crippen LogP contribution in [0.15, 0.2) is 31.0 Å². The Morgan fingerprint density at radius 1 is 1.30 bits per heavy atom. The molecule has 0 bridgehead atoms. The van der Waals surface area contributed by atoms with Crippen LogP contribution in [0.3, 0.4) is 0 Å². The second-order valence-electron chi connectivity index (χ2n) is 6.26. The van der Waals surface area contributed by atoms with Crippen molar-refractivity contribution in [3.8, 4) is 0 Å². The molecule has 1 atom stereocenters. The highest BCUT2D eigenvalue weighted by Gasteiger charge is 2.30. The van der Waals surface area contributed by atoms with Gasteiger partial charge in [0.15, 0.2) is 0 Å². The van der Waals surface area contributed by atoms with Gasteiger partial charge in [-0.15, -0.1) is 0 Å². The van der Waals surface area contributed by atoms with Gasteiger partial charge in [-0.2, -0.15) is 0 Å². The van der Waals surface area contributed by atoms with Crippen molar-refractivity contribution < 1.29 is 4.79 Å². The van der Waals surface area contributed by atoms with Crippen LogP contribution in [0.25, 0.3) is 0 Å². The first kappa shape index (κ1) is 15.6. The highest BCUT2D eigenvalue weighted by atomic mass is 16.2. The number of amides is 1. The molecule has 0 saturated carbocycles. The maximum Gasteiger partial charge on any atom is 0.224 e. The summed E-state index contributed by atoms with van der Waals surface area (Å²) in [7, 11) is 0. The molecule has 1 amide bonds. The lowest BCUT2D eigenvalue weighted by atomic mass is 10.1. The molecule has 1 aliphatic heterocycles. The van der Waals surface area contributed by atoms with Gasteiger partial charge >= 0.3 is 0 Å². The Bertz CT molecular complexity index is 652. The van der Waals surface area contributed by atoms with Gasteiger partial charge in [0, 0.05) is 50.2 Å². The smallest absolute Gasteiger partial charge is 0.224 e. The zero-order valence-electron chi connectivity index (χ0n) is 13.7. The van der Waals surface area contributed by atoms with Crippen LogP contribution in [-0.2, 0) is 11.3 Å². The topological polar surface area (TPSA) is 63.9 Å². The molecule has 3 rings (SSSR count). The number of aromatic nitrogens is 4. The maximum atomic E-state index is 12.6. The van der Waals surface area contributed by atoms with Gasteiger partial charge < -0.3 is 9.47 Å². The van der Waals surface area contributed by atoms with Crippen molar-refractivity contribution in [1.82, 2.24) is 24.4 Å². The Hall–Kier alpha value is -2.24. The Balaban J connectivity index is 1.65. The van der Waals surface area contributed by atoms with Crippen molar-refractivity contribution in [3.63, 3.8) is 0 Å². The minimum Gasteiger partial charge on any atom is -0.334 e. The minimum absolute atomic E-state index is 0.0727. The summed E-state index contributed by atoms with van der Waals surface area (Å²) in [4.78, 5) is 27.5. The lowest BCUT2D eigenvalue weighted by molar-refractivity contribution is -0.132. The number of aryl methyl sites for hydroxylation is 1. The number of likely N-dealkylation sites (tertiary alicyclic amines) is 1. The molecule has 0 spiro atoms. The maximum absolute atomic E-state index is 12.6. The number of imidazole rings is 1. The number of nitrogens with zero attached hydrogens (tertiary/aromatic N) is 5. The Morgan fingerprint density at radius 3 is 2.91 bits per heavy atom. The molecule has 1 fully saturated rings. The molecule has 6 heteroatoms. The van der Waals surface area contributed by atoms with E-state index in [4.69, 9.17) is 0 Å². The summed E-state index contributed by atoms with van der Waals surface area (Å²) in [5, 5.41) is 0. The van der Waals surface area contributed by atoms with Crippen molar-refractivity contribution in [1.29, 1.82) is 0 Å². The fraction of sp³-hybridized carbons (Fsp3) is 0.529. The quantitative estimate of drug-likeness (QED) is 0.851. The molecule has 0 unspecified atom stereocenters. The van der Waals surface area contributed by atoms with Crippen LogP contribution in [0.5, 0.6) is 0 Å². The van der Waals surface area contributed by atoms with Gasteiger partial charge in [0.05, 0.1) is 17.9 Å². The van der Waals surface area contributed by atoms with Crippen LogP contribution in [0.1, 0.15) is 56.6 Å². The largest absolute Gasteiger partial charge is 0.334 e. The van der Waals surface area contributed by atoms with Crippen molar-refractivity contribution in [2.75, 3.05) is 6.54 Å². The third-order valence-corrected chi connectivity index (χ3v) is 4.33. The van der Waals surface area contributed by atoms with Crippen molar-refractivity contribution >= 4 is 5.91 Å². The van der Waals surface area contributed by atoms with E-state index in [9.17, 15) is 4.79 Å². The lowest BCUT2D eigenvalue weighted by Crippen LogP contribution is -2.31. The van der Waals surface area contributed by atoms with Crippen LogP contribution < -0.4 is 0 Å². The Morgan fingerprint density at radius 2 is 2.17 bits per heavy atom. The lowest BCUT2D eigenvalue weighted by Gasteiger charge is -2.24. The second kappa shape index (κ2) is 6.89. The Labute approximate surface area is 136 Å². The number of carbonyl (C=O) groups excluding carboxylic acids is 1. The van der Waals surface area contributed by atoms with Crippen molar-refractivity contribution in [2.24, 2.45) is 0 Å². The van der Waals surface area contributed by atoms with E-state index in [0.29, 0.717) is 18.9 Å². The van der Waals surface area contributed by atoms with E-state index < -0.39 is 0 Å². The first-order valence-corrected chi connectivity index (χ1v) is 8.23. The molecule has 23 heavy (non-hydrogen) atoms. The van der Waals surface area contributed by atoms with E-state index in [1.165, 1.54) is 0 Å². The number of carbonyl (C=O) groups is 1. The predicted molar refractivity (Wildman–Crippen MR) is 86.7 cm³/mol. The highest BCUT2D eigenvalue weighted by molar-refractivity contribution is 5.76. The van der Waals surface area contributed by atoms with E-state index in [1.807, 2.05) is 11.1 Å². The monoisotopic (exact) mass is 313 g/mol. The van der Waals surface area contributed by atoms with Crippen LogP contribution in [0.4, 0.5) is 0 Å². The van der Waals surface area contributed by atoms with Crippen LogP contribution in [-0.4, -0.2) is 36.9 Å². The molecular weight excluding hydrogens is 290 g/mol. The summed E-state index contributed by atoms with van der Waals surface area (Å²) < 4.78 is 2.08. The van der Waals surface area contributed by atoms with Gasteiger partial charge in [-0.1, -0.05) is 13.8 Å². The molecular formula is C17H23N5O. The third-order valence-electron chi connectivity index (χ3n) is 4.33. The van der Waals surface area contributed by atoms with Gasteiger partial charge in [-0.25, -0.2) is 4.98 Å². The predicted octanol–water partition coefficient (Wildman–Crippen LogP) is 2.55. The molecule has 0 radical (unpaired) electrons. The summed E-state index contributed by atoms with van der Waals surface area (Å²) in [5.74, 6) is 1.57. The third kappa shape index (κ3) is 3.41. The molecule has 0 aromatic carbocycles. The minimum atomic E-state index is 0.0727. The molecule has 1 aliphatic rings. The zero-order valence-corrected chi connectivity index (χ0v) is 13.7. The summed E-state index contributed by atoms with van der Waals surface area (Å²) in [6.07, 6.45) is 11.4. The molecule has 0 aliphatic carbocycles. The first-order valence-electron chi connectivity index (χ1n) is 8.23. The van der Waals surface area contributed by atoms with Crippen LogP contribution in [0.2, 0.25) is 0 Å². The van der Waals surface area contributed by atoms with Crippen molar-refractivity contribution in [3.05, 3.63) is 42.5 Å². The summed E-state index contributed by atoms with van der Waals surface area (Å²) >= 11 is 0. The van der Waals surface area contributed by atoms with E-state index in [1.54, 1.807) is 24.8 Å². The van der Waals surface area contributed by atoms with Gasteiger partial charge in [0.1, 0.15) is 5.82 Å². The first-order chi connectivity index (χ1) is 11.2. The molecule has 1 saturated heterocycles. The normalized spacial score (nSPS) is 17.9. The number of hydrogen-bond acceptors (Lipinski definition) is 4. The molecule has 122 valence electrons. The molecule has 6 nitrogen and oxygen atoms in total. The van der Waals surface area contributed by atoms with Crippen molar-refractivity contribution in [2.45, 2.75) is 51.6 Å². The summed E-state index contributed by atoms with van der Waals surface area (Å²) in [5.41, 5.74) is 0.892. The molecule has 0 N–H and O–H groups in total. The van der Waals surface area contributed by atoms with E-state index in [-0.39, 0.29) is 11.9 Å². The number of hydrogen-bond donors (Lipinski definition) is 0. The van der Waals surface area contributed by atoms with Crippen LogP contribution in [0, 0.1) is 0 Å². The fourth-order valence-electron chi connectivity index (χ4n) is 3.23. The Kier molecular flexibility index (Phi) is 4.69. The van der Waals surface area contributed by atoms with Gasteiger partial charge in [0.2, 0.25) is 5.91 Å². The zero-order chi connectivity index (χ0) is 16.2. The van der Waals surface area contributed by atoms with E-state index in [0.717, 1.165) is 30.9 Å². The summed E-state index contributed by atoms with van der Waals surface area (Å²) in [6.45, 7) is 5.72. The fourth-order valence-corrected chi connectivity index (χ4v) is 3.23. The SMILES string of the molecule is CC(C)c1nccn1CCC(=O)N1CCC[C@H]1c1cnccn1. The standard InChI is InChI=1S/C17H23N5O/c1-13(2)17-20-8-11-21(17)10-5-16(23)22-9-3-4-15(22)14-12-18-6-7-19-14/h6-8,11-13,15H,3-5,9-10H2,1-2H3/t15-/m0/s1. The average molecular weight is 313 g/mol.